The van der Waals surface area contributed by atoms with E-state index in [1.807, 2.05) is 182 Å². The summed E-state index contributed by atoms with van der Waals surface area (Å²) in [6.07, 6.45) is 0. The molecule has 0 aliphatic rings. The van der Waals surface area contributed by atoms with E-state index < -0.39 is 0 Å². The number of fused-ring (bicyclic) bond motifs is 12. The van der Waals surface area contributed by atoms with Crippen molar-refractivity contribution in [1.82, 2.24) is 44.9 Å². The Hall–Kier alpha value is -16.2. The summed E-state index contributed by atoms with van der Waals surface area (Å²) in [6, 6.07) is 164. The predicted octanol–water partition coefficient (Wildman–Crippen LogP) is 30.5. The molecule has 0 unspecified atom stereocenters. The fraction of sp³-hybridized carbons (Fsp3) is 0. The molecule has 0 amide bonds. The van der Waals surface area contributed by atoms with Crippen LogP contribution in [0.2, 0.25) is 0 Å². The molecule has 26 rings (SSSR count). The second kappa shape index (κ2) is 36.1. The van der Waals surface area contributed by atoms with Crippen molar-refractivity contribution in [3.8, 4) is 158 Å². The van der Waals surface area contributed by atoms with Gasteiger partial charge in [0.1, 0.15) is 0 Å². The maximum absolute atomic E-state index is 5.06. The van der Waals surface area contributed by atoms with E-state index in [4.69, 9.17) is 44.9 Å². The van der Waals surface area contributed by atoms with E-state index in [-0.39, 0.29) is 43.5 Å². The van der Waals surface area contributed by atoms with Gasteiger partial charge in [0.05, 0.1) is 0 Å². The topological polar surface area (TPSA) is 116 Å². The third-order valence-corrected chi connectivity index (χ3v) is 33.0. The van der Waals surface area contributed by atoms with Gasteiger partial charge in [-0.25, -0.2) is 0 Å². The quantitative estimate of drug-likeness (QED) is 0.0981. The molecule has 632 valence electrons. The molecule has 0 aliphatic heterocycles. The Labute approximate surface area is 797 Å². The van der Waals surface area contributed by atoms with E-state index in [0.29, 0.717) is 52.4 Å². The van der Waals surface area contributed by atoms with Gasteiger partial charge in [-0.1, -0.05) is 60.7 Å². The van der Waals surface area contributed by atoms with Crippen LogP contribution >= 0.6 is 0 Å². The van der Waals surface area contributed by atoms with Gasteiger partial charge in [-0.2, -0.15) is 0 Å². The summed E-state index contributed by atoms with van der Waals surface area (Å²) in [5.74, 6) is 6.01. The van der Waals surface area contributed by atoms with Crippen LogP contribution < -0.4 is 0 Å². The second-order valence-corrected chi connectivity index (χ2v) is 39.7. The number of hydrogen-bond donors (Lipinski definition) is 0. The molecule has 0 N–H and O–H groups in total. The summed E-state index contributed by atoms with van der Waals surface area (Å²) in [7, 11) is 0. The van der Waals surface area contributed by atoms with Gasteiger partial charge in [0.2, 0.25) is 0 Å². The van der Waals surface area contributed by atoms with Crippen LogP contribution in [0, 0.1) is 0 Å². The van der Waals surface area contributed by atoms with E-state index in [1.54, 1.807) is 0 Å². The van der Waals surface area contributed by atoms with Crippen LogP contribution in [0.3, 0.4) is 0 Å². The Morgan fingerprint density at radius 3 is 0.726 bits per heavy atom. The normalized spacial score (nSPS) is 11.4. The van der Waals surface area contributed by atoms with Gasteiger partial charge in [-0.3, -0.25) is 0 Å². The molecule has 6 heterocycles. The molecule has 135 heavy (non-hydrogen) atoms. The van der Waals surface area contributed by atoms with Crippen LogP contribution in [0.5, 0.6) is 0 Å². The molecular weight excluding hydrogens is 1840 g/mol. The summed E-state index contributed by atoms with van der Waals surface area (Å²) in [6.45, 7) is 0. The monoisotopic (exact) mass is 1920 g/mol. The van der Waals surface area contributed by atoms with Crippen LogP contribution in [-0.4, -0.2) is 88.4 Å². The molecule has 9 nitrogen and oxygen atoms in total. The number of aromatic nitrogens is 9. The number of rotatable bonds is 14. The summed E-state index contributed by atoms with van der Waals surface area (Å²) in [4.78, 5) is 44.8. The summed E-state index contributed by atoms with van der Waals surface area (Å²) >= 11 is 0.616. The molecule has 0 bridgehead atoms. The number of nitrogens with zero attached hydrogens (tertiary/aromatic N) is 9. The van der Waals surface area contributed by atoms with E-state index in [1.165, 1.54) is 130 Å². The fourth-order valence-electron chi connectivity index (χ4n) is 18.6. The van der Waals surface area contributed by atoms with E-state index >= 15 is 0 Å². The van der Waals surface area contributed by atoms with Crippen LogP contribution in [-0.2, 0) is 0 Å². The van der Waals surface area contributed by atoms with Crippen molar-refractivity contribution < 1.29 is 0 Å². The molecule has 0 radical (unpaired) electrons. The first-order valence-corrected chi connectivity index (χ1v) is 50.2. The first-order chi connectivity index (χ1) is 66.9. The van der Waals surface area contributed by atoms with E-state index in [2.05, 4.69) is 285 Å². The maximum atomic E-state index is 5.06. The molecule has 0 saturated heterocycles. The molecular formula is C123H77N9Se3. The third-order valence-electron chi connectivity index (χ3n) is 25.1. The van der Waals surface area contributed by atoms with Gasteiger partial charge < -0.3 is 0 Å². The first kappa shape index (κ1) is 82.0. The van der Waals surface area contributed by atoms with Gasteiger partial charge in [-0.05, 0) is 0 Å². The Balaban J connectivity index is 0.000000111. The van der Waals surface area contributed by atoms with Gasteiger partial charge in [-0.15, -0.1) is 0 Å². The van der Waals surface area contributed by atoms with Gasteiger partial charge in [0, 0.05) is 0 Å². The zero-order valence-electron chi connectivity index (χ0n) is 72.7. The summed E-state index contributed by atoms with van der Waals surface area (Å²) < 4.78 is 8.73. The third kappa shape index (κ3) is 15.8. The van der Waals surface area contributed by atoms with Crippen molar-refractivity contribution in [3.63, 3.8) is 0 Å². The minimum atomic E-state index is 0.164. The fourth-order valence-corrected chi connectivity index (χ4v) is 26.9. The van der Waals surface area contributed by atoms with Gasteiger partial charge >= 0.3 is 743 Å². The number of hydrogen-bond acceptors (Lipinski definition) is 9. The Morgan fingerprint density at radius 2 is 0.348 bits per heavy atom. The van der Waals surface area contributed by atoms with Crippen molar-refractivity contribution in [2.45, 2.75) is 0 Å². The summed E-state index contributed by atoms with van der Waals surface area (Å²) in [5, 5.41) is 15.2. The Bertz CT molecular complexity index is 8800. The molecule has 12 heteroatoms. The van der Waals surface area contributed by atoms with E-state index in [0.717, 1.165) is 66.2 Å². The van der Waals surface area contributed by atoms with Crippen molar-refractivity contribution in [3.05, 3.63) is 467 Å². The molecule has 0 aliphatic carbocycles. The van der Waals surface area contributed by atoms with Crippen LogP contribution in [0.15, 0.2) is 467 Å². The van der Waals surface area contributed by atoms with Crippen LogP contribution in [0.25, 0.3) is 248 Å². The van der Waals surface area contributed by atoms with Crippen molar-refractivity contribution in [1.29, 1.82) is 0 Å². The SMILES string of the molecule is c1ccc(-c2nc(-c3ccccc3)nc(-c3ccc(-c4cccc5c4[se]c4ccccc45)c4ccccc34)n2)cc1.c1ccc(-c2nc(-c3ccccc3)nc(-c3ccc4c(-c5cccc6c5[se]c5c(-c7ccccc7)cccc56)cccc4c3)n2)cc1.c1ccc(-c2nc(-c3ccccc3)nc(-c3cccc4c(-c5cccc6c5[se]c5c(-c7ccccc7)cccc56)cccc34)n2)cc1. The van der Waals surface area contributed by atoms with Crippen LogP contribution in [0.4, 0.5) is 0 Å². The Kier molecular flexibility index (Phi) is 21.9. The van der Waals surface area contributed by atoms with E-state index in [9.17, 15) is 0 Å². The molecule has 0 spiro atoms. The van der Waals surface area contributed by atoms with Crippen LogP contribution in [0.1, 0.15) is 0 Å². The standard InChI is InChI=1S/2C43H27N3Se.C37H23N3Se/c1-4-14-28(15-5-1)31-20-10-25-36-37-26-13-24-35(40(37)47-39(31)36)33-22-11-23-34-32(33)21-12-27-38(34)43-45-41(29-16-6-2-7-17-29)44-42(46-43)30-18-8-3-9-19-30;1-4-13-28(14-5-1)34-20-11-23-37-38-24-12-22-36(40(38)47-39(34)37)35-21-10-19-31-27-32(25-26-33(31)35)43-45-41(29-15-6-2-7-16-29)44-42(46-43)30-17-8-3-9-18-30;1-3-12-24(13-4-1)35-38-36(25-14-5-2-6-15-25)40-37(39-35)32-23-22-28(26-16-7-8-17-27(26)32)30-19-11-20-31-29-18-9-10-21-33(29)41-34(30)31/h2*1-27H;1-23H. The van der Waals surface area contributed by atoms with Gasteiger partial charge in [0.15, 0.2) is 0 Å². The molecule has 0 atom stereocenters. The molecule has 20 aromatic carbocycles. The van der Waals surface area contributed by atoms with Crippen molar-refractivity contribution >= 4 is 134 Å². The predicted molar refractivity (Wildman–Crippen MR) is 564 cm³/mol. The van der Waals surface area contributed by atoms with Crippen molar-refractivity contribution in [2.75, 3.05) is 0 Å². The molecule has 6 aromatic heterocycles. The number of benzene rings is 20. The molecule has 0 fully saturated rings. The second-order valence-electron chi connectivity index (χ2n) is 33.2. The minimum absolute atomic E-state index is 0.164. The average Bonchev–Trinajstić information content (AvgIpc) is 1.40. The summed E-state index contributed by atoms with van der Waals surface area (Å²) in [5.41, 5.74) is 21.7. The molecule has 0 saturated carbocycles. The molecule has 26 aromatic rings. The zero-order valence-corrected chi connectivity index (χ0v) is 77.8. The Morgan fingerprint density at radius 1 is 0.119 bits per heavy atom. The first-order valence-electron chi connectivity index (χ1n) is 45.0. The van der Waals surface area contributed by atoms with Gasteiger partial charge in [0.25, 0.3) is 0 Å². The average molecular weight is 1920 g/mol. The van der Waals surface area contributed by atoms with Crippen molar-refractivity contribution in [2.24, 2.45) is 0 Å². The zero-order chi connectivity index (χ0) is 89.5.